The molecule has 0 radical (unpaired) electrons. The third kappa shape index (κ3) is 6.23. The second-order valence-electron chi connectivity index (χ2n) is 7.06. The number of hydrogen-bond acceptors (Lipinski definition) is 4. The molecule has 2 unspecified atom stereocenters. The number of nitrogens with one attached hydrogen (secondary N) is 2. The minimum absolute atomic E-state index is 0. The predicted octanol–water partition coefficient (Wildman–Crippen LogP) is 4.49. The van der Waals surface area contributed by atoms with E-state index in [-0.39, 0.29) is 18.3 Å². The van der Waals surface area contributed by atoms with E-state index in [0.717, 1.165) is 18.8 Å². The zero-order chi connectivity index (χ0) is 18.4. The summed E-state index contributed by atoms with van der Waals surface area (Å²) in [5.74, 6) is 2.07. The van der Waals surface area contributed by atoms with Crippen molar-refractivity contribution in [2.24, 2.45) is 11.8 Å². The van der Waals surface area contributed by atoms with Gasteiger partial charge in [-0.1, -0.05) is 6.92 Å². The van der Waals surface area contributed by atoms with Crippen molar-refractivity contribution in [3.05, 3.63) is 41.3 Å². The maximum Gasteiger partial charge on any atom is 0.220 e. The monoisotopic (exact) mass is 408 g/mol. The van der Waals surface area contributed by atoms with Gasteiger partial charge in [0, 0.05) is 16.2 Å². The van der Waals surface area contributed by atoms with Crippen LogP contribution in [0.15, 0.2) is 36.4 Å². The Kier molecular flexibility index (Phi) is 8.61. The van der Waals surface area contributed by atoms with E-state index in [2.05, 4.69) is 41.8 Å². The third-order valence-electron chi connectivity index (χ3n) is 5.14. The summed E-state index contributed by atoms with van der Waals surface area (Å²) in [6.07, 6.45) is 3.07. The maximum absolute atomic E-state index is 12.3. The Balaban J connectivity index is 0.00000261. The van der Waals surface area contributed by atoms with Crippen molar-refractivity contribution < 1.29 is 9.53 Å². The average molecular weight is 409 g/mol. The lowest BCUT2D eigenvalue weighted by atomic mass is 9.85. The number of ether oxygens (including phenoxy) is 1. The number of carbonyl (C=O) groups excluding carboxylic acids is 1. The van der Waals surface area contributed by atoms with Gasteiger partial charge in [0.25, 0.3) is 0 Å². The van der Waals surface area contributed by atoms with Crippen molar-refractivity contribution in [2.75, 3.05) is 20.2 Å². The van der Waals surface area contributed by atoms with Crippen molar-refractivity contribution in [1.82, 2.24) is 10.6 Å². The number of benzene rings is 1. The van der Waals surface area contributed by atoms with E-state index in [4.69, 9.17) is 4.74 Å². The molecule has 6 heteroatoms. The molecule has 4 nitrogen and oxygen atoms in total. The van der Waals surface area contributed by atoms with Crippen LogP contribution in [0.25, 0.3) is 10.4 Å². The van der Waals surface area contributed by atoms with E-state index in [1.54, 1.807) is 18.4 Å². The largest absolute Gasteiger partial charge is 0.497 e. The Hall–Kier alpha value is -1.56. The SMILES string of the molecule is COc1ccc(-c2ccc(CNC(=O)CC(C)C3CCCNC3)s2)cc1.Cl. The lowest BCUT2D eigenvalue weighted by molar-refractivity contribution is -0.122. The fraction of sp³-hybridized carbons (Fsp3) is 0.476. The van der Waals surface area contributed by atoms with Gasteiger partial charge in [-0.3, -0.25) is 4.79 Å². The number of carbonyl (C=O) groups is 1. The lowest BCUT2D eigenvalue weighted by Crippen LogP contribution is -2.35. The fourth-order valence-electron chi connectivity index (χ4n) is 3.46. The molecule has 0 spiro atoms. The van der Waals surface area contributed by atoms with Crippen molar-refractivity contribution in [3.63, 3.8) is 0 Å². The number of amides is 1. The smallest absolute Gasteiger partial charge is 0.220 e. The van der Waals surface area contributed by atoms with Gasteiger partial charge >= 0.3 is 0 Å². The van der Waals surface area contributed by atoms with E-state index in [1.165, 1.54) is 28.2 Å². The van der Waals surface area contributed by atoms with E-state index < -0.39 is 0 Å². The molecule has 27 heavy (non-hydrogen) atoms. The number of piperidine rings is 1. The normalized spacial score (nSPS) is 17.6. The van der Waals surface area contributed by atoms with Crippen LogP contribution in [0.4, 0.5) is 0 Å². The molecular formula is C21H29ClN2O2S. The average Bonchev–Trinajstić information content (AvgIpc) is 3.16. The fourth-order valence-corrected chi connectivity index (χ4v) is 4.42. The molecule has 0 saturated carbocycles. The van der Waals surface area contributed by atoms with Gasteiger partial charge in [-0.15, -0.1) is 23.7 Å². The van der Waals surface area contributed by atoms with Gasteiger partial charge in [0.15, 0.2) is 0 Å². The molecule has 2 N–H and O–H groups in total. The van der Waals surface area contributed by atoms with Crippen LogP contribution in [-0.4, -0.2) is 26.1 Å². The molecule has 1 amide bonds. The van der Waals surface area contributed by atoms with E-state index in [0.29, 0.717) is 24.8 Å². The summed E-state index contributed by atoms with van der Waals surface area (Å²) in [6.45, 7) is 4.97. The number of methoxy groups -OCH3 is 1. The highest BCUT2D eigenvalue weighted by Crippen LogP contribution is 2.29. The predicted molar refractivity (Wildman–Crippen MR) is 115 cm³/mol. The van der Waals surface area contributed by atoms with Gasteiger partial charge in [0.05, 0.1) is 13.7 Å². The molecule has 2 aromatic rings. The standard InChI is InChI=1S/C21H28N2O2S.ClH/c1-15(17-4-3-11-22-13-17)12-21(24)23-14-19-9-10-20(26-19)16-5-7-18(25-2)8-6-16;/h5-10,15,17,22H,3-4,11-14H2,1-2H3,(H,23,24);1H. The molecule has 0 aliphatic carbocycles. The van der Waals surface area contributed by atoms with Crippen LogP contribution in [-0.2, 0) is 11.3 Å². The molecule has 1 aromatic heterocycles. The Morgan fingerprint density at radius 1 is 1.30 bits per heavy atom. The van der Waals surface area contributed by atoms with Gasteiger partial charge in [-0.25, -0.2) is 0 Å². The summed E-state index contributed by atoms with van der Waals surface area (Å²) < 4.78 is 5.20. The molecule has 2 atom stereocenters. The van der Waals surface area contributed by atoms with Crippen LogP contribution >= 0.6 is 23.7 Å². The third-order valence-corrected chi connectivity index (χ3v) is 6.28. The minimum atomic E-state index is 0. The van der Waals surface area contributed by atoms with Gasteiger partial charge < -0.3 is 15.4 Å². The molecule has 1 aliphatic rings. The molecule has 1 aliphatic heterocycles. The molecule has 1 saturated heterocycles. The summed E-state index contributed by atoms with van der Waals surface area (Å²) in [6, 6.07) is 12.3. The highest BCUT2D eigenvalue weighted by Gasteiger charge is 2.21. The second kappa shape index (κ2) is 10.7. The Bertz CT molecular complexity index is 711. The summed E-state index contributed by atoms with van der Waals surface area (Å²) in [4.78, 5) is 14.7. The molecule has 3 rings (SSSR count). The summed E-state index contributed by atoms with van der Waals surface area (Å²) in [5.41, 5.74) is 1.17. The highest BCUT2D eigenvalue weighted by molar-refractivity contribution is 7.15. The van der Waals surface area contributed by atoms with Crippen LogP contribution in [0.2, 0.25) is 0 Å². The summed E-state index contributed by atoms with van der Waals surface area (Å²) >= 11 is 1.72. The maximum atomic E-state index is 12.3. The summed E-state index contributed by atoms with van der Waals surface area (Å²) in [7, 11) is 1.67. The van der Waals surface area contributed by atoms with Gasteiger partial charge in [-0.2, -0.15) is 0 Å². The first-order valence-corrected chi connectivity index (χ1v) is 10.2. The van der Waals surface area contributed by atoms with E-state index in [9.17, 15) is 4.79 Å². The second-order valence-corrected chi connectivity index (χ2v) is 8.23. The van der Waals surface area contributed by atoms with Crippen molar-refractivity contribution in [1.29, 1.82) is 0 Å². The number of rotatable bonds is 7. The molecule has 1 fully saturated rings. The number of halogens is 1. The van der Waals surface area contributed by atoms with E-state index >= 15 is 0 Å². The topological polar surface area (TPSA) is 50.4 Å². The van der Waals surface area contributed by atoms with Crippen LogP contribution < -0.4 is 15.4 Å². The molecule has 0 bridgehead atoms. The van der Waals surface area contributed by atoms with Gasteiger partial charge in [-0.05, 0) is 79.7 Å². The van der Waals surface area contributed by atoms with Crippen molar-refractivity contribution in [2.45, 2.75) is 32.7 Å². The van der Waals surface area contributed by atoms with Gasteiger partial charge in [0.1, 0.15) is 5.75 Å². The first-order chi connectivity index (χ1) is 12.7. The minimum Gasteiger partial charge on any atom is -0.497 e. The molecule has 2 heterocycles. The van der Waals surface area contributed by atoms with Crippen LogP contribution in [0.3, 0.4) is 0 Å². The van der Waals surface area contributed by atoms with Crippen molar-refractivity contribution >= 4 is 29.7 Å². The number of hydrogen-bond donors (Lipinski definition) is 2. The zero-order valence-electron chi connectivity index (χ0n) is 16.0. The highest BCUT2D eigenvalue weighted by atomic mass is 35.5. The van der Waals surface area contributed by atoms with Gasteiger partial charge in [0.2, 0.25) is 5.91 Å². The van der Waals surface area contributed by atoms with E-state index in [1.807, 2.05) is 12.1 Å². The summed E-state index contributed by atoms with van der Waals surface area (Å²) in [5, 5.41) is 6.52. The Morgan fingerprint density at radius 3 is 2.74 bits per heavy atom. The Labute approximate surface area is 172 Å². The van der Waals surface area contributed by atoms with Crippen LogP contribution in [0.5, 0.6) is 5.75 Å². The first kappa shape index (κ1) is 21.7. The molecular weight excluding hydrogens is 380 g/mol. The Morgan fingerprint density at radius 2 is 2.07 bits per heavy atom. The zero-order valence-corrected chi connectivity index (χ0v) is 17.6. The van der Waals surface area contributed by atoms with Crippen LogP contribution in [0.1, 0.15) is 31.1 Å². The quantitative estimate of drug-likeness (QED) is 0.709. The molecule has 1 aromatic carbocycles. The molecule has 148 valence electrons. The number of thiophene rings is 1. The lowest BCUT2D eigenvalue weighted by Gasteiger charge is -2.27. The van der Waals surface area contributed by atoms with Crippen LogP contribution in [0, 0.1) is 11.8 Å². The van der Waals surface area contributed by atoms with Crippen molar-refractivity contribution in [3.8, 4) is 16.2 Å². The first-order valence-electron chi connectivity index (χ1n) is 9.36.